The highest BCUT2D eigenvalue weighted by molar-refractivity contribution is 5.81. The molecule has 3 heteroatoms. The molecule has 1 fully saturated rings. The van der Waals surface area contributed by atoms with E-state index in [2.05, 4.69) is 4.74 Å². The van der Waals surface area contributed by atoms with Crippen LogP contribution in [0.4, 0.5) is 0 Å². The first-order chi connectivity index (χ1) is 3.63. The first-order valence-electron chi connectivity index (χ1n) is 2.59. The normalized spacial score (nSPS) is 37.5. The highest BCUT2D eigenvalue weighted by Gasteiger charge is 2.35. The summed E-state index contributed by atoms with van der Waals surface area (Å²) in [7, 11) is 0. The number of hydrogen-bond donors (Lipinski definition) is 1. The van der Waals surface area contributed by atoms with Crippen LogP contribution in [0.3, 0.4) is 0 Å². The van der Waals surface area contributed by atoms with Crippen molar-refractivity contribution in [2.45, 2.75) is 18.9 Å². The third-order valence-electron chi connectivity index (χ3n) is 1.32. The summed E-state index contributed by atoms with van der Waals surface area (Å²) >= 11 is 0. The van der Waals surface area contributed by atoms with Gasteiger partial charge in [-0.15, -0.1) is 0 Å². The molecule has 1 atom stereocenters. The molecule has 0 radical (unpaired) electrons. The lowest BCUT2D eigenvalue weighted by atomic mass is 10.0. The van der Waals surface area contributed by atoms with Gasteiger partial charge >= 0.3 is 5.97 Å². The number of esters is 1. The Morgan fingerprint density at radius 3 is 2.62 bits per heavy atom. The van der Waals surface area contributed by atoms with Crippen LogP contribution >= 0.6 is 0 Å². The summed E-state index contributed by atoms with van der Waals surface area (Å²) in [6, 6.07) is 0. The molecular formula is C5H9NO2. The van der Waals surface area contributed by atoms with Crippen LogP contribution in [0.15, 0.2) is 0 Å². The van der Waals surface area contributed by atoms with Crippen molar-refractivity contribution in [1.29, 1.82) is 0 Å². The van der Waals surface area contributed by atoms with Crippen molar-refractivity contribution in [3.05, 3.63) is 0 Å². The van der Waals surface area contributed by atoms with Gasteiger partial charge in [0.2, 0.25) is 0 Å². The summed E-state index contributed by atoms with van der Waals surface area (Å²) < 4.78 is 4.60. The van der Waals surface area contributed by atoms with Gasteiger partial charge in [-0.05, 0) is 6.92 Å². The fraction of sp³-hybridized carbons (Fsp3) is 0.800. The molecule has 2 N–H and O–H groups in total. The van der Waals surface area contributed by atoms with Gasteiger partial charge in [-0.3, -0.25) is 4.79 Å². The third-order valence-corrected chi connectivity index (χ3v) is 1.32. The van der Waals surface area contributed by atoms with E-state index < -0.39 is 5.54 Å². The summed E-state index contributed by atoms with van der Waals surface area (Å²) in [6.07, 6.45) is 0.645. The largest absolute Gasteiger partial charge is 0.464 e. The molecule has 8 heavy (non-hydrogen) atoms. The monoisotopic (exact) mass is 115 g/mol. The Balaban J connectivity index is 2.68. The van der Waals surface area contributed by atoms with Crippen molar-refractivity contribution in [2.75, 3.05) is 6.61 Å². The molecule has 0 bridgehead atoms. The lowest BCUT2D eigenvalue weighted by Gasteiger charge is -2.08. The lowest BCUT2D eigenvalue weighted by molar-refractivity contribution is -0.141. The predicted octanol–water partition coefficient (Wildman–Crippen LogP) is -0.349. The number of hydrogen-bond acceptors (Lipinski definition) is 3. The van der Waals surface area contributed by atoms with Gasteiger partial charge in [0.1, 0.15) is 5.54 Å². The van der Waals surface area contributed by atoms with Crippen molar-refractivity contribution in [2.24, 2.45) is 5.73 Å². The zero-order valence-corrected chi connectivity index (χ0v) is 4.81. The Bertz CT molecular complexity index is 120. The van der Waals surface area contributed by atoms with E-state index in [9.17, 15) is 4.79 Å². The molecule has 0 aromatic rings. The van der Waals surface area contributed by atoms with E-state index in [1.165, 1.54) is 0 Å². The van der Waals surface area contributed by atoms with Gasteiger partial charge in [-0.2, -0.15) is 0 Å². The van der Waals surface area contributed by atoms with E-state index in [0.717, 1.165) is 0 Å². The van der Waals surface area contributed by atoms with Crippen LogP contribution in [0.5, 0.6) is 0 Å². The Hall–Kier alpha value is -0.570. The second kappa shape index (κ2) is 1.45. The van der Waals surface area contributed by atoms with Crippen LogP contribution in [0.1, 0.15) is 13.3 Å². The summed E-state index contributed by atoms with van der Waals surface area (Å²) in [4.78, 5) is 10.5. The molecule has 0 amide bonds. The maximum atomic E-state index is 10.5. The van der Waals surface area contributed by atoms with E-state index in [1.807, 2.05) is 0 Å². The van der Waals surface area contributed by atoms with Crippen molar-refractivity contribution in [3.63, 3.8) is 0 Å². The van der Waals surface area contributed by atoms with Crippen LogP contribution in [-0.2, 0) is 9.53 Å². The Kier molecular flexibility index (Phi) is 1.01. The zero-order valence-electron chi connectivity index (χ0n) is 4.81. The molecule has 0 aromatic carbocycles. The van der Waals surface area contributed by atoms with Crippen molar-refractivity contribution in [1.82, 2.24) is 0 Å². The van der Waals surface area contributed by atoms with Gasteiger partial charge in [0.15, 0.2) is 0 Å². The minimum Gasteiger partial charge on any atom is -0.464 e. The first-order valence-corrected chi connectivity index (χ1v) is 2.59. The first kappa shape index (κ1) is 5.56. The average Bonchev–Trinajstić information content (AvgIpc) is 1.86. The number of carbonyl (C=O) groups is 1. The van der Waals surface area contributed by atoms with E-state index in [4.69, 9.17) is 5.73 Å². The van der Waals surface area contributed by atoms with Crippen LogP contribution in [0, 0.1) is 0 Å². The molecule has 3 nitrogen and oxygen atoms in total. The Labute approximate surface area is 47.8 Å². The molecule has 1 heterocycles. The van der Waals surface area contributed by atoms with Gasteiger partial charge < -0.3 is 10.5 Å². The van der Waals surface area contributed by atoms with E-state index >= 15 is 0 Å². The smallest absolute Gasteiger partial charge is 0.325 e. The van der Waals surface area contributed by atoms with E-state index in [0.29, 0.717) is 13.0 Å². The van der Waals surface area contributed by atoms with E-state index in [1.54, 1.807) is 6.92 Å². The second-order valence-corrected chi connectivity index (χ2v) is 2.30. The topological polar surface area (TPSA) is 52.3 Å². The van der Waals surface area contributed by atoms with Crippen LogP contribution in [0.25, 0.3) is 0 Å². The SMILES string of the molecule is CC1(N)CCOC1=O. The summed E-state index contributed by atoms with van der Waals surface area (Å²) in [5.41, 5.74) is 4.74. The molecule has 0 saturated carbocycles. The van der Waals surface area contributed by atoms with Gasteiger partial charge in [0.25, 0.3) is 0 Å². The minimum atomic E-state index is -0.708. The number of rotatable bonds is 0. The van der Waals surface area contributed by atoms with Gasteiger partial charge in [-0.1, -0.05) is 0 Å². The number of cyclic esters (lactones) is 1. The highest BCUT2D eigenvalue weighted by atomic mass is 16.5. The molecule has 0 aromatic heterocycles. The fourth-order valence-electron chi connectivity index (χ4n) is 0.623. The fourth-order valence-corrected chi connectivity index (χ4v) is 0.623. The van der Waals surface area contributed by atoms with Gasteiger partial charge in [0.05, 0.1) is 6.61 Å². The molecule has 1 aliphatic rings. The average molecular weight is 115 g/mol. The van der Waals surface area contributed by atoms with Crippen LogP contribution in [-0.4, -0.2) is 18.1 Å². The molecular weight excluding hydrogens is 106 g/mol. The maximum Gasteiger partial charge on any atom is 0.325 e. The summed E-state index contributed by atoms with van der Waals surface area (Å²) in [5.74, 6) is -0.280. The van der Waals surface area contributed by atoms with Crippen LogP contribution in [0.2, 0.25) is 0 Å². The predicted molar refractivity (Wildman–Crippen MR) is 28.2 cm³/mol. The Morgan fingerprint density at radius 2 is 2.50 bits per heavy atom. The Morgan fingerprint density at radius 1 is 1.88 bits per heavy atom. The number of carbonyl (C=O) groups excluding carboxylic acids is 1. The number of nitrogens with two attached hydrogens (primary N) is 1. The molecule has 1 saturated heterocycles. The molecule has 0 aliphatic carbocycles. The molecule has 1 aliphatic heterocycles. The van der Waals surface area contributed by atoms with Crippen LogP contribution < -0.4 is 5.73 Å². The third kappa shape index (κ3) is 0.690. The standard InChI is InChI=1S/C5H9NO2/c1-5(6)2-3-8-4(5)7/h2-3,6H2,1H3. The quantitative estimate of drug-likeness (QED) is 0.439. The van der Waals surface area contributed by atoms with E-state index in [-0.39, 0.29) is 5.97 Å². The van der Waals surface area contributed by atoms with Gasteiger partial charge in [-0.25, -0.2) is 0 Å². The number of ether oxygens (including phenoxy) is 1. The molecule has 1 unspecified atom stereocenters. The van der Waals surface area contributed by atoms with Gasteiger partial charge in [0, 0.05) is 6.42 Å². The molecule has 1 rings (SSSR count). The summed E-state index contributed by atoms with van der Waals surface area (Å²) in [6.45, 7) is 2.16. The second-order valence-electron chi connectivity index (χ2n) is 2.30. The molecule has 46 valence electrons. The zero-order chi connectivity index (χ0) is 6.20. The van der Waals surface area contributed by atoms with Crippen molar-refractivity contribution >= 4 is 5.97 Å². The van der Waals surface area contributed by atoms with Crippen molar-refractivity contribution in [3.8, 4) is 0 Å². The van der Waals surface area contributed by atoms with Crippen molar-refractivity contribution < 1.29 is 9.53 Å². The lowest BCUT2D eigenvalue weighted by Crippen LogP contribution is -2.40. The minimum absolute atomic E-state index is 0.280. The summed E-state index contributed by atoms with van der Waals surface area (Å²) in [5, 5.41) is 0. The molecule has 0 spiro atoms. The maximum absolute atomic E-state index is 10.5. The highest BCUT2D eigenvalue weighted by Crippen LogP contribution is 2.14.